The number of methoxy groups -OCH3 is 1. The Morgan fingerprint density at radius 2 is 2.32 bits per heavy atom. The summed E-state index contributed by atoms with van der Waals surface area (Å²) in [5.41, 5.74) is 1.61. The minimum absolute atomic E-state index is 0.0150. The zero-order valence-corrected chi connectivity index (χ0v) is 11.2. The number of carbonyl (C=O) groups is 1. The van der Waals surface area contributed by atoms with E-state index in [1.807, 2.05) is 13.0 Å². The lowest BCUT2D eigenvalue weighted by molar-refractivity contribution is 0.0570. The van der Waals surface area contributed by atoms with Crippen LogP contribution in [0.4, 0.5) is 0 Å². The summed E-state index contributed by atoms with van der Waals surface area (Å²) in [7, 11) is 1.59. The molecule has 1 aromatic rings. The molecule has 0 aliphatic heterocycles. The second-order valence-corrected chi connectivity index (χ2v) is 4.87. The van der Waals surface area contributed by atoms with Crippen LogP contribution in [-0.4, -0.2) is 24.1 Å². The molecule has 19 heavy (non-hydrogen) atoms. The molecule has 0 bridgehead atoms. The van der Waals surface area contributed by atoms with Crippen molar-refractivity contribution in [1.29, 1.82) is 0 Å². The first-order valence-corrected chi connectivity index (χ1v) is 6.47. The van der Waals surface area contributed by atoms with E-state index < -0.39 is 12.0 Å². The minimum Gasteiger partial charge on any atom is -0.497 e. The molecule has 1 aliphatic rings. The average molecular weight is 258 g/mol. The smallest absolute Gasteiger partial charge is 0.169 e. The summed E-state index contributed by atoms with van der Waals surface area (Å²) in [6.07, 6.45) is 5.83. The summed E-state index contributed by atoms with van der Waals surface area (Å²) in [6, 6.07) is 5.39. The van der Waals surface area contributed by atoms with E-state index in [-0.39, 0.29) is 11.7 Å². The number of aliphatic hydroxyl groups is 1. The number of fused-ring (bicyclic) bond motifs is 1. The molecule has 0 radical (unpaired) electrons. The number of ether oxygens (including phenoxy) is 1. The molecule has 3 heteroatoms. The highest BCUT2D eigenvalue weighted by Gasteiger charge is 2.38. The lowest BCUT2D eigenvalue weighted by atomic mass is 9.87. The summed E-state index contributed by atoms with van der Waals surface area (Å²) >= 11 is 0. The Balaban J connectivity index is 2.26. The van der Waals surface area contributed by atoms with Gasteiger partial charge in [0, 0.05) is 11.5 Å². The second-order valence-electron chi connectivity index (χ2n) is 4.87. The predicted octanol–water partition coefficient (Wildman–Crippen LogP) is 2.07. The van der Waals surface area contributed by atoms with Gasteiger partial charge in [-0.3, -0.25) is 4.79 Å². The standard InChI is InChI=1S/C16H18O3/c1-4-10(5-2)15(17)14-9-11-8-12(19-3)6-7-13(11)16(14)18/h1,6-8,10,14-15,17H,5,9H2,2-3H3. The molecular formula is C16H18O3. The van der Waals surface area contributed by atoms with Crippen molar-refractivity contribution in [2.24, 2.45) is 11.8 Å². The molecule has 0 aromatic heterocycles. The highest BCUT2D eigenvalue weighted by molar-refractivity contribution is 6.02. The van der Waals surface area contributed by atoms with Crippen molar-refractivity contribution in [3.8, 4) is 18.1 Å². The van der Waals surface area contributed by atoms with Gasteiger partial charge in [-0.2, -0.15) is 0 Å². The zero-order valence-electron chi connectivity index (χ0n) is 11.2. The van der Waals surface area contributed by atoms with Crippen LogP contribution in [0, 0.1) is 24.2 Å². The van der Waals surface area contributed by atoms with Gasteiger partial charge in [0.05, 0.1) is 19.1 Å². The predicted molar refractivity (Wildman–Crippen MR) is 73.1 cm³/mol. The van der Waals surface area contributed by atoms with Crippen LogP contribution in [0.2, 0.25) is 0 Å². The zero-order chi connectivity index (χ0) is 14.0. The molecule has 3 unspecified atom stereocenters. The number of ketones is 1. The van der Waals surface area contributed by atoms with Crippen LogP contribution in [-0.2, 0) is 6.42 Å². The first kappa shape index (κ1) is 13.6. The van der Waals surface area contributed by atoms with Gasteiger partial charge in [-0.05, 0) is 36.6 Å². The summed E-state index contributed by atoms with van der Waals surface area (Å²) in [5.74, 6) is 2.58. The van der Waals surface area contributed by atoms with E-state index in [1.54, 1.807) is 19.2 Å². The Labute approximate surface area is 113 Å². The van der Waals surface area contributed by atoms with E-state index in [1.165, 1.54) is 0 Å². The first-order valence-electron chi connectivity index (χ1n) is 6.47. The molecule has 0 amide bonds. The number of benzene rings is 1. The summed E-state index contributed by atoms with van der Waals surface area (Å²) in [6.45, 7) is 1.92. The van der Waals surface area contributed by atoms with Gasteiger partial charge >= 0.3 is 0 Å². The van der Waals surface area contributed by atoms with Gasteiger partial charge in [0.25, 0.3) is 0 Å². The molecule has 0 spiro atoms. The number of aliphatic hydroxyl groups excluding tert-OH is 1. The second kappa shape index (κ2) is 5.46. The Hall–Kier alpha value is -1.79. The topological polar surface area (TPSA) is 46.5 Å². The van der Waals surface area contributed by atoms with Crippen molar-refractivity contribution in [3.05, 3.63) is 29.3 Å². The molecule has 0 heterocycles. The third-order valence-electron chi connectivity index (χ3n) is 3.83. The van der Waals surface area contributed by atoms with Crippen molar-refractivity contribution in [2.45, 2.75) is 25.9 Å². The summed E-state index contributed by atoms with van der Waals surface area (Å²) < 4.78 is 5.15. The van der Waals surface area contributed by atoms with Crippen LogP contribution in [0.25, 0.3) is 0 Å². The number of hydrogen-bond acceptors (Lipinski definition) is 3. The lowest BCUT2D eigenvalue weighted by Crippen LogP contribution is -2.32. The van der Waals surface area contributed by atoms with Gasteiger partial charge in [0.1, 0.15) is 5.75 Å². The molecule has 0 saturated carbocycles. The number of Topliss-reactive ketones (excluding diaryl/α,β-unsaturated/α-hetero) is 1. The average Bonchev–Trinajstić information content (AvgIpc) is 2.76. The summed E-state index contributed by atoms with van der Waals surface area (Å²) in [5, 5.41) is 10.3. The van der Waals surface area contributed by atoms with E-state index >= 15 is 0 Å². The minimum atomic E-state index is -0.777. The first-order chi connectivity index (χ1) is 9.12. The van der Waals surface area contributed by atoms with Gasteiger partial charge in [-0.25, -0.2) is 0 Å². The highest BCUT2D eigenvalue weighted by Crippen LogP contribution is 2.33. The van der Waals surface area contributed by atoms with Crippen LogP contribution in [0.5, 0.6) is 5.75 Å². The van der Waals surface area contributed by atoms with Crippen molar-refractivity contribution in [2.75, 3.05) is 7.11 Å². The largest absolute Gasteiger partial charge is 0.497 e. The van der Waals surface area contributed by atoms with Gasteiger partial charge in [0.2, 0.25) is 0 Å². The molecule has 0 fully saturated rings. The molecule has 1 aromatic carbocycles. The Bertz CT molecular complexity index is 527. The fraction of sp³-hybridized carbons (Fsp3) is 0.438. The van der Waals surface area contributed by atoms with Crippen LogP contribution in [0.1, 0.15) is 29.3 Å². The Morgan fingerprint density at radius 1 is 1.58 bits per heavy atom. The maximum atomic E-state index is 12.3. The van der Waals surface area contributed by atoms with Gasteiger partial charge in [-0.1, -0.05) is 6.92 Å². The van der Waals surface area contributed by atoms with Crippen LogP contribution in [0.3, 0.4) is 0 Å². The van der Waals surface area contributed by atoms with Crippen molar-refractivity contribution < 1.29 is 14.6 Å². The Morgan fingerprint density at radius 3 is 2.89 bits per heavy atom. The number of terminal acetylenes is 1. The third kappa shape index (κ3) is 2.36. The van der Waals surface area contributed by atoms with Crippen LogP contribution in [0.15, 0.2) is 18.2 Å². The van der Waals surface area contributed by atoms with E-state index in [0.717, 1.165) is 11.3 Å². The summed E-state index contributed by atoms with van der Waals surface area (Å²) in [4.78, 5) is 12.3. The molecule has 0 saturated heterocycles. The SMILES string of the molecule is C#CC(CC)C(O)C1Cc2cc(OC)ccc2C1=O. The molecule has 3 atom stereocenters. The fourth-order valence-electron chi connectivity index (χ4n) is 2.65. The van der Waals surface area contributed by atoms with Gasteiger partial charge < -0.3 is 9.84 Å². The monoisotopic (exact) mass is 258 g/mol. The lowest BCUT2D eigenvalue weighted by Gasteiger charge is -2.21. The number of hydrogen-bond donors (Lipinski definition) is 1. The van der Waals surface area contributed by atoms with E-state index in [4.69, 9.17) is 11.2 Å². The number of rotatable bonds is 4. The molecule has 1 N–H and O–H groups in total. The van der Waals surface area contributed by atoms with E-state index in [9.17, 15) is 9.90 Å². The van der Waals surface area contributed by atoms with Gasteiger partial charge in [-0.15, -0.1) is 12.3 Å². The van der Waals surface area contributed by atoms with Crippen LogP contribution < -0.4 is 4.74 Å². The Kier molecular flexibility index (Phi) is 3.92. The highest BCUT2D eigenvalue weighted by atomic mass is 16.5. The fourth-order valence-corrected chi connectivity index (χ4v) is 2.65. The van der Waals surface area contributed by atoms with Crippen molar-refractivity contribution >= 4 is 5.78 Å². The normalized spacial score (nSPS) is 20.5. The molecule has 2 rings (SSSR count). The van der Waals surface area contributed by atoms with Crippen LogP contribution >= 0.6 is 0 Å². The maximum Gasteiger partial charge on any atom is 0.169 e. The molecule has 1 aliphatic carbocycles. The molecule has 3 nitrogen and oxygen atoms in total. The molecular weight excluding hydrogens is 240 g/mol. The van der Waals surface area contributed by atoms with E-state index in [0.29, 0.717) is 18.4 Å². The maximum absolute atomic E-state index is 12.3. The number of carbonyl (C=O) groups excluding carboxylic acids is 1. The molecule has 100 valence electrons. The van der Waals surface area contributed by atoms with E-state index in [2.05, 4.69) is 5.92 Å². The third-order valence-corrected chi connectivity index (χ3v) is 3.83. The van der Waals surface area contributed by atoms with Gasteiger partial charge in [0.15, 0.2) is 5.78 Å². The van der Waals surface area contributed by atoms with Crippen molar-refractivity contribution in [3.63, 3.8) is 0 Å². The van der Waals surface area contributed by atoms with Crippen molar-refractivity contribution in [1.82, 2.24) is 0 Å². The quantitative estimate of drug-likeness (QED) is 0.841.